The molecule has 1 aliphatic heterocycles. The van der Waals surface area contributed by atoms with Gasteiger partial charge in [-0.25, -0.2) is 9.98 Å². The van der Waals surface area contributed by atoms with Crippen molar-refractivity contribution in [3.05, 3.63) is 217 Å². The number of furan rings is 1. The second-order valence-electron chi connectivity index (χ2n) is 16.0. The minimum absolute atomic E-state index is 0.705. The summed E-state index contributed by atoms with van der Waals surface area (Å²) < 4.78 is 9.12. The first-order valence-electron chi connectivity index (χ1n) is 21.1. The van der Waals surface area contributed by atoms with Crippen molar-refractivity contribution in [1.29, 1.82) is 0 Å². The lowest BCUT2D eigenvalue weighted by molar-refractivity contribution is 0.668. The maximum atomic E-state index is 6.76. The number of hydrogen-bond donors (Lipinski definition) is 0. The van der Waals surface area contributed by atoms with E-state index in [4.69, 9.17) is 14.4 Å². The Hall–Kier alpha value is -7.82. The van der Waals surface area contributed by atoms with Crippen LogP contribution in [0.5, 0.6) is 0 Å². The molecule has 1 aliphatic rings. The lowest BCUT2D eigenvalue weighted by Crippen LogP contribution is -2.07. The average molecular weight is 782 g/mol. The Labute approximate surface area is 353 Å². The summed E-state index contributed by atoms with van der Waals surface area (Å²) in [4.78, 5) is 11.0. The lowest BCUT2D eigenvalue weighted by Gasteiger charge is -2.11. The van der Waals surface area contributed by atoms with Crippen LogP contribution < -0.4 is 0 Å². The molecule has 0 unspecified atom stereocenters. The molecule has 0 spiro atoms. The van der Waals surface area contributed by atoms with Crippen LogP contribution in [0, 0.1) is 0 Å². The Morgan fingerprint density at radius 1 is 0.443 bits per heavy atom. The van der Waals surface area contributed by atoms with Gasteiger partial charge in [-0.05, 0) is 106 Å². The Morgan fingerprint density at radius 3 is 1.98 bits per heavy atom. The molecule has 0 bridgehead atoms. The number of amidine groups is 1. The number of para-hydroxylation sites is 1. The van der Waals surface area contributed by atoms with Crippen LogP contribution in [0.4, 0.5) is 0 Å². The molecule has 0 N–H and O–H groups in total. The second-order valence-corrected chi connectivity index (χ2v) is 16.0. The molecule has 0 atom stereocenters. The van der Waals surface area contributed by atoms with Gasteiger partial charge in [0.05, 0.1) is 22.4 Å². The molecule has 288 valence electrons. The maximum Gasteiger partial charge on any atom is 0.160 e. The summed E-state index contributed by atoms with van der Waals surface area (Å²) in [6.45, 7) is 0. The molecule has 4 heteroatoms. The Morgan fingerprint density at radius 2 is 1.15 bits per heavy atom. The molecule has 0 amide bonds. The van der Waals surface area contributed by atoms with Crippen molar-refractivity contribution < 1.29 is 4.42 Å². The largest absolute Gasteiger partial charge is 0.456 e. The first kappa shape index (κ1) is 35.2. The van der Waals surface area contributed by atoms with Crippen LogP contribution in [0.15, 0.2) is 215 Å². The Kier molecular flexibility index (Phi) is 8.34. The number of rotatable bonds is 5. The van der Waals surface area contributed by atoms with Crippen LogP contribution in [-0.2, 0) is 0 Å². The molecule has 61 heavy (non-hydrogen) atoms. The predicted molar refractivity (Wildman–Crippen MR) is 256 cm³/mol. The van der Waals surface area contributed by atoms with E-state index in [0.717, 1.165) is 91.4 Å². The number of nitrogens with zero attached hydrogens (tertiary/aromatic N) is 3. The first-order valence-corrected chi connectivity index (χ1v) is 21.1. The molecule has 0 saturated heterocycles. The van der Waals surface area contributed by atoms with E-state index in [1.54, 1.807) is 0 Å². The van der Waals surface area contributed by atoms with Crippen molar-refractivity contribution in [2.75, 3.05) is 0 Å². The SMILES string of the molecule is C1=C(c2cccc3oc4cc(-n5c6ccccc6c6cc(-c7ccccc7)ccc65)ccc4c23)/N=C(c2ccc3ccccc3c2)\N=C(\c2ccc3ccccc3c2)CCC\1. The number of aliphatic imine (C=N–C) groups is 2. The van der Waals surface area contributed by atoms with Crippen LogP contribution in [0.2, 0.25) is 0 Å². The van der Waals surface area contributed by atoms with E-state index < -0.39 is 0 Å². The molecular weight excluding hydrogens is 743 g/mol. The highest BCUT2D eigenvalue weighted by Gasteiger charge is 2.20. The van der Waals surface area contributed by atoms with Crippen molar-refractivity contribution in [3.63, 3.8) is 0 Å². The fraction of sp³-hybridized carbons (Fsp3) is 0.0526. The number of allylic oxidation sites excluding steroid dienone is 1. The van der Waals surface area contributed by atoms with E-state index in [1.165, 1.54) is 38.1 Å². The average Bonchev–Trinajstić information content (AvgIpc) is 3.89. The Bertz CT molecular complexity index is 3620. The molecular formula is C57H39N3O. The van der Waals surface area contributed by atoms with Crippen molar-refractivity contribution in [2.45, 2.75) is 19.3 Å². The van der Waals surface area contributed by atoms with E-state index in [1.807, 2.05) is 0 Å². The molecule has 12 rings (SSSR count). The van der Waals surface area contributed by atoms with E-state index >= 15 is 0 Å². The molecule has 11 aromatic rings. The fourth-order valence-corrected chi connectivity index (χ4v) is 9.31. The van der Waals surface area contributed by atoms with Crippen LogP contribution in [-0.4, -0.2) is 16.1 Å². The van der Waals surface area contributed by atoms with Gasteiger partial charge in [-0.1, -0.05) is 146 Å². The molecule has 0 aliphatic carbocycles. The number of benzene rings is 9. The van der Waals surface area contributed by atoms with Gasteiger partial charge in [0.25, 0.3) is 0 Å². The van der Waals surface area contributed by atoms with Crippen LogP contribution >= 0.6 is 0 Å². The molecule has 4 nitrogen and oxygen atoms in total. The van der Waals surface area contributed by atoms with Gasteiger partial charge in [0.15, 0.2) is 5.84 Å². The van der Waals surface area contributed by atoms with Gasteiger partial charge in [-0.2, -0.15) is 0 Å². The van der Waals surface area contributed by atoms with E-state index in [9.17, 15) is 0 Å². The van der Waals surface area contributed by atoms with Crippen LogP contribution in [0.3, 0.4) is 0 Å². The third-order valence-corrected chi connectivity index (χ3v) is 12.3. The van der Waals surface area contributed by atoms with E-state index in [0.29, 0.717) is 5.84 Å². The van der Waals surface area contributed by atoms with Gasteiger partial charge in [-0.3, -0.25) is 0 Å². The van der Waals surface area contributed by atoms with Gasteiger partial charge in [0.2, 0.25) is 0 Å². The van der Waals surface area contributed by atoms with Crippen molar-refractivity contribution in [3.8, 4) is 16.8 Å². The van der Waals surface area contributed by atoms with Crippen molar-refractivity contribution in [2.24, 2.45) is 9.98 Å². The molecule has 9 aromatic carbocycles. The smallest absolute Gasteiger partial charge is 0.160 e. The van der Waals surface area contributed by atoms with E-state index in [-0.39, 0.29) is 0 Å². The van der Waals surface area contributed by atoms with Gasteiger partial charge >= 0.3 is 0 Å². The summed E-state index contributed by atoms with van der Waals surface area (Å²) in [5.74, 6) is 0.705. The van der Waals surface area contributed by atoms with E-state index in [2.05, 4.69) is 205 Å². The minimum atomic E-state index is 0.705. The number of fused-ring (bicyclic) bond motifs is 8. The maximum absolute atomic E-state index is 6.76. The molecule has 0 fully saturated rings. The summed E-state index contributed by atoms with van der Waals surface area (Å²) in [7, 11) is 0. The summed E-state index contributed by atoms with van der Waals surface area (Å²) in [5.41, 5.74) is 12.6. The molecule has 3 heterocycles. The highest BCUT2D eigenvalue weighted by molar-refractivity contribution is 6.17. The molecule has 0 radical (unpaired) electrons. The molecule has 2 aromatic heterocycles. The van der Waals surface area contributed by atoms with Gasteiger partial charge in [0, 0.05) is 44.4 Å². The normalized spacial score (nSPS) is 16.2. The highest BCUT2D eigenvalue weighted by Crippen LogP contribution is 2.40. The zero-order chi connectivity index (χ0) is 40.3. The summed E-state index contributed by atoms with van der Waals surface area (Å²) in [5, 5.41) is 9.36. The zero-order valence-electron chi connectivity index (χ0n) is 33.4. The van der Waals surface area contributed by atoms with Gasteiger partial charge < -0.3 is 8.98 Å². The standard InChI is InChI=1S/C57H39N3O/c1-2-13-37(14-3-1)42-29-32-53-49(35-42)46-19-8-11-23-52(46)60(53)45-30-31-48-55(36-45)61-54-24-12-20-47(56(48)54)51-22-10-9-21-50(43-27-25-38-15-4-6-17-40(38)33-43)58-57(59-51)44-28-26-39-16-5-7-18-41(39)34-44/h1-8,11-20,22-36H,9-10,21H2/b51-22-,58-50+,59-57-. The quantitative estimate of drug-likeness (QED) is 0.171. The van der Waals surface area contributed by atoms with Crippen molar-refractivity contribution >= 4 is 82.5 Å². The topological polar surface area (TPSA) is 42.8 Å². The van der Waals surface area contributed by atoms with Crippen molar-refractivity contribution in [1.82, 2.24) is 4.57 Å². The van der Waals surface area contributed by atoms with Gasteiger partial charge in [0.1, 0.15) is 11.2 Å². The third kappa shape index (κ3) is 6.15. The lowest BCUT2D eigenvalue weighted by atomic mass is 9.99. The highest BCUT2D eigenvalue weighted by atomic mass is 16.3. The van der Waals surface area contributed by atoms with Gasteiger partial charge in [-0.15, -0.1) is 0 Å². The second kappa shape index (κ2) is 14.5. The Balaban J connectivity index is 1.01. The fourth-order valence-electron chi connectivity index (χ4n) is 9.31. The minimum Gasteiger partial charge on any atom is -0.456 e. The monoisotopic (exact) mass is 781 g/mol. The third-order valence-electron chi connectivity index (χ3n) is 12.3. The first-order chi connectivity index (χ1) is 30.2. The number of hydrogen-bond acceptors (Lipinski definition) is 3. The predicted octanol–water partition coefficient (Wildman–Crippen LogP) is 15.1. The summed E-state index contributed by atoms with van der Waals surface area (Å²) in [6.07, 6.45) is 4.95. The summed E-state index contributed by atoms with van der Waals surface area (Å²) >= 11 is 0. The number of aromatic nitrogens is 1. The molecule has 0 saturated carbocycles. The van der Waals surface area contributed by atoms with Crippen LogP contribution in [0.25, 0.3) is 87.8 Å². The summed E-state index contributed by atoms with van der Waals surface area (Å²) in [6, 6.07) is 69.3. The zero-order valence-corrected chi connectivity index (χ0v) is 33.4. The van der Waals surface area contributed by atoms with Crippen LogP contribution in [0.1, 0.15) is 36.0 Å².